The second-order valence-corrected chi connectivity index (χ2v) is 6.98. The zero-order valence-corrected chi connectivity index (χ0v) is 12.9. The van der Waals surface area contributed by atoms with Gasteiger partial charge < -0.3 is 10.6 Å². The minimum absolute atomic E-state index is 0.147. The summed E-state index contributed by atoms with van der Waals surface area (Å²) in [6, 6.07) is 0. The van der Waals surface area contributed by atoms with E-state index in [9.17, 15) is 4.79 Å². The van der Waals surface area contributed by atoms with Gasteiger partial charge in [0.15, 0.2) is 0 Å². The Labute approximate surface area is 124 Å². The minimum Gasteiger partial charge on any atom is -0.369 e. The molecular weight excluding hydrogens is 272 g/mol. The fourth-order valence-electron chi connectivity index (χ4n) is 2.15. The summed E-state index contributed by atoms with van der Waals surface area (Å²) in [5.41, 5.74) is 0.373. The molecule has 0 aliphatic carbocycles. The Morgan fingerprint density at radius 3 is 3.05 bits per heavy atom. The third-order valence-corrected chi connectivity index (χ3v) is 4.88. The largest absolute Gasteiger partial charge is 0.369 e. The van der Waals surface area contributed by atoms with Gasteiger partial charge in [0.1, 0.15) is 11.5 Å². The van der Waals surface area contributed by atoms with Crippen molar-refractivity contribution in [2.45, 2.75) is 37.9 Å². The molecule has 0 aromatic carbocycles. The van der Waals surface area contributed by atoms with E-state index in [1.54, 1.807) is 6.20 Å². The highest BCUT2D eigenvalue weighted by molar-refractivity contribution is 8.00. The fraction of sp³-hybridized carbons (Fsp3) is 0.643. The molecule has 1 aliphatic heterocycles. The van der Waals surface area contributed by atoms with Gasteiger partial charge in [-0.3, -0.25) is 9.78 Å². The van der Waals surface area contributed by atoms with Crippen molar-refractivity contribution in [3.05, 3.63) is 18.1 Å². The number of carbonyl (C=O) groups excluding carboxylic acids is 1. The third kappa shape index (κ3) is 4.10. The van der Waals surface area contributed by atoms with Gasteiger partial charge in [-0.15, -0.1) is 0 Å². The van der Waals surface area contributed by atoms with Crippen LogP contribution in [0.2, 0.25) is 0 Å². The summed E-state index contributed by atoms with van der Waals surface area (Å²) < 4.78 is 0.168. The maximum absolute atomic E-state index is 12.1. The molecule has 1 atom stereocenters. The van der Waals surface area contributed by atoms with Crippen LogP contribution < -0.4 is 10.6 Å². The number of rotatable bonds is 6. The molecule has 0 spiro atoms. The van der Waals surface area contributed by atoms with Gasteiger partial charge in [0.05, 0.1) is 12.4 Å². The van der Waals surface area contributed by atoms with E-state index in [-0.39, 0.29) is 10.7 Å². The Morgan fingerprint density at radius 1 is 1.50 bits per heavy atom. The molecule has 2 heterocycles. The van der Waals surface area contributed by atoms with Gasteiger partial charge in [0.25, 0.3) is 5.91 Å². The van der Waals surface area contributed by atoms with Crippen molar-refractivity contribution in [1.29, 1.82) is 0 Å². The molecular formula is C14H22N4OS. The lowest BCUT2D eigenvalue weighted by molar-refractivity contribution is 0.0944. The average Bonchev–Trinajstić information content (AvgIpc) is 2.90. The van der Waals surface area contributed by atoms with E-state index >= 15 is 0 Å². The van der Waals surface area contributed by atoms with Gasteiger partial charge in [-0.25, -0.2) is 4.98 Å². The monoisotopic (exact) mass is 294 g/mol. The van der Waals surface area contributed by atoms with Crippen LogP contribution in [0.3, 0.4) is 0 Å². The van der Waals surface area contributed by atoms with E-state index in [1.165, 1.54) is 18.4 Å². The van der Waals surface area contributed by atoms with Crippen molar-refractivity contribution in [2.75, 3.05) is 24.2 Å². The van der Waals surface area contributed by atoms with Crippen molar-refractivity contribution >= 4 is 23.5 Å². The second-order valence-electron chi connectivity index (χ2n) is 5.30. The lowest BCUT2D eigenvalue weighted by atomic mass is 10.1. The van der Waals surface area contributed by atoms with Crippen LogP contribution in [0.5, 0.6) is 0 Å². The molecule has 1 aliphatic rings. The molecule has 110 valence electrons. The average molecular weight is 294 g/mol. The van der Waals surface area contributed by atoms with E-state index in [1.807, 2.05) is 11.8 Å². The van der Waals surface area contributed by atoms with Crippen LogP contribution in [0.1, 0.15) is 43.6 Å². The first kappa shape index (κ1) is 15.1. The lowest BCUT2D eigenvalue weighted by Gasteiger charge is -2.22. The van der Waals surface area contributed by atoms with E-state index < -0.39 is 0 Å². The molecule has 1 fully saturated rings. The van der Waals surface area contributed by atoms with Crippen LogP contribution in [0.15, 0.2) is 12.4 Å². The third-order valence-electron chi connectivity index (χ3n) is 3.35. The van der Waals surface area contributed by atoms with Crippen LogP contribution in [0.25, 0.3) is 0 Å². The summed E-state index contributed by atoms with van der Waals surface area (Å²) in [7, 11) is 0. The zero-order valence-electron chi connectivity index (χ0n) is 12.1. The number of nitrogens with zero attached hydrogens (tertiary/aromatic N) is 2. The van der Waals surface area contributed by atoms with E-state index in [4.69, 9.17) is 0 Å². The topological polar surface area (TPSA) is 66.9 Å². The number of hydrogen-bond acceptors (Lipinski definition) is 5. The van der Waals surface area contributed by atoms with Gasteiger partial charge in [-0.2, -0.15) is 11.8 Å². The lowest BCUT2D eigenvalue weighted by Crippen LogP contribution is -2.37. The number of aromatic nitrogens is 2. The molecule has 0 bridgehead atoms. The second kappa shape index (κ2) is 6.92. The molecule has 1 unspecified atom stereocenters. The van der Waals surface area contributed by atoms with Crippen LogP contribution in [-0.2, 0) is 0 Å². The summed E-state index contributed by atoms with van der Waals surface area (Å²) in [5.74, 6) is 1.69. The SMILES string of the molecule is CCCNc1cncc(C(=O)NCC2(C)CCCS2)n1. The summed E-state index contributed by atoms with van der Waals surface area (Å²) >= 11 is 1.93. The predicted molar refractivity (Wildman–Crippen MR) is 83.2 cm³/mol. The first-order valence-electron chi connectivity index (χ1n) is 7.11. The van der Waals surface area contributed by atoms with Crippen LogP contribution in [0.4, 0.5) is 5.82 Å². The van der Waals surface area contributed by atoms with E-state index in [0.717, 1.165) is 19.4 Å². The smallest absolute Gasteiger partial charge is 0.271 e. The van der Waals surface area contributed by atoms with E-state index in [0.29, 0.717) is 18.1 Å². The Hall–Kier alpha value is -1.30. The van der Waals surface area contributed by atoms with Crippen LogP contribution in [-0.4, -0.2) is 39.5 Å². The van der Waals surface area contributed by atoms with Crippen molar-refractivity contribution in [3.63, 3.8) is 0 Å². The summed E-state index contributed by atoms with van der Waals surface area (Å²) in [6.45, 7) is 5.80. The normalized spacial score (nSPS) is 21.7. The molecule has 20 heavy (non-hydrogen) atoms. The van der Waals surface area contributed by atoms with Crippen LogP contribution in [0, 0.1) is 0 Å². The van der Waals surface area contributed by atoms with Crippen LogP contribution >= 0.6 is 11.8 Å². The van der Waals surface area contributed by atoms with Gasteiger partial charge >= 0.3 is 0 Å². The number of nitrogens with one attached hydrogen (secondary N) is 2. The first-order chi connectivity index (χ1) is 9.63. The number of anilines is 1. The molecule has 6 heteroatoms. The number of hydrogen-bond donors (Lipinski definition) is 2. The van der Waals surface area contributed by atoms with Gasteiger partial charge in [0, 0.05) is 17.8 Å². The highest BCUT2D eigenvalue weighted by Gasteiger charge is 2.29. The highest BCUT2D eigenvalue weighted by atomic mass is 32.2. The van der Waals surface area contributed by atoms with Crippen molar-refractivity contribution in [1.82, 2.24) is 15.3 Å². The maximum Gasteiger partial charge on any atom is 0.271 e. The number of amides is 1. The molecule has 1 aromatic rings. The Morgan fingerprint density at radius 2 is 2.35 bits per heavy atom. The molecule has 1 aromatic heterocycles. The summed E-state index contributed by atoms with van der Waals surface area (Å²) in [6.07, 6.45) is 6.54. The fourth-order valence-corrected chi connectivity index (χ4v) is 3.39. The molecule has 0 saturated carbocycles. The summed E-state index contributed by atoms with van der Waals surface area (Å²) in [4.78, 5) is 20.5. The minimum atomic E-state index is -0.147. The zero-order chi connectivity index (χ0) is 14.4. The Balaban J connectivity index is 1.91. The van der Waals surface area contributed by atoms with E-state index in [2.05, 4.69) is 34.4 Å². The first-order valence-corrected chi connectivity index (χ1v) is 8.09. The number of carbonyl (C=O) groups is 1. The van der Waals surface area contributed by atoms with Gasteiger partial charge in [-0.1, -0.05) is 6.92 Å². The quantitative estimate of drug-likeness (QED) is 0.843. The molecule has 0 radical (unpaired) electrons. The Bertz CT molecular complexity index is 460. The molecule has 5 nitrogen and oxygen atoms in total. The van der Waals surface area contributed by atoms with Gasteiger partial charge in [0.2, 0.25) is 0 Å². The van der Waals surface area contributed by atoms with Crippen molar-refractivity contribution in [3.8, 4) is 0 Å². The molecule has 2 rings (SSSR count). The Kier molecular flexibility index (Phi) is 5.23. The number of thioether (sulfide) groups is 1. The standard InChI is InChI=1S/C14H22N4OS/c1-3-6-16-12-9-15-8-11(18-12)13(19)17-10-14(2)5-4-7-20-14/h8-9H,3-7,10H2,1-2H3,(H,16,18)(H,17,19). The van der Waals surface area contributed by atoms with Gasteiger partial charge in [-0.05, 0) is 31.9 Å². The molecule has 1 amide bonds. The maximum atomic E-state index is 12.1. The van der Waals surface area contributed by atoms with Crippen molar-refractivity contribution < 1.29 is 4.79 Å². The summed E-state index contributed by atoms with van der Waals surface area (Å²) in [5, 5.41) is 6.11. The predicted octanol–water partition coefficient (Wildman–Crippen LogP) is 2.31. The van der Waals surface area contributed by atoms with Crippen molar-refractivity contribution in [2.24, 2.45) is 0 Å². The molecule has 1 saturated heterocycles. The molecule has 2 N–H and O–H groups in total. The highest BCUT2D eigenvalue weighted by Crippen LogP contribution is 2.36.